The summed E-state index contributed by atoms with van der Waals surface area (Å²) in [5.74, 6) is -1.31. The lowest BCUT2D eigenvalue weighted by atomic mass is 10.0. The predicted octanol–water partition coefficient (Wildman–Crippen LogP) is 13.3. The van der Waals surface area contributed by atoms with Crippen LogP contribution < -0.4 is 0 Å². The van der Waals surface area contributed by atoms with Crippen LogP contribution in [-0.2, 0) is 9.59 Å². The van der Waals surface area contributed by atoms with E-state index in [9.17, 15) is 9.59 Å². The van der Waals surface area contributed by atoms with E-state index in [-0.39, 0.29) is 13.5 Å². The van der Waals surface area contributed by atoms with Crippen molar-refractivity contribution in [2.75, 3.05) is 0 Å². The average Bonchev–Trinajstić information content (AvgIpc) is 2.93. The molecule has 0 saturated carbocycles. The number of unbranched alkanes of at least 4 members (excludes halogenated alkanes) is 28. The number of carboxylic acid groups (broad SMARTS) is 2. The molecule has 0 aliphatic carbocycles. The first-order valence-corrected chi connectivity index (χ1v) is 18.0. The molecule has 0 unspecified atom stereocenters. The van der Waals surface area contributed by atoms with Gasteiger partial charge in [0.25, 0.3) is 0 Å². The summed E-state index contributed by atoms with van der Waals surface area (Å²) >= 11 is 0. The van der Waals surface area contributed by atoms with Crippen molar-refractivity contribution in [3.63, 3.8) is 0 Å². The van der Waals surface area contributed by atoms with Gasteiger partial charge in [-0.15, -0.1) is 0 Å². The Hall–Kier alpha value is -0.710. The van der Waals surface area contributed by atoms with Crippen molar-refractivity contribution in [3.8, 4) is 0 Å². The second kappa shape index (κ2) is 41.4. The van der Waals surface area contributed by atoms with Crippen LogP contribution in [0.5, 0.6) is 0 Å². The molecule has 0 atom stereocenters. The number of hydrogen-bond acceptors (Lipinski definition) is 2. The van der Waals surface area contributed by atoms with Crippen LogP contribution in [0, 0.1) is 0 Å². The van der Waals surface area contributed by atoms with Gasteiger partial charge in [0.1, 0.15) is 0 Å². The summed E-state index contributed by atoms with van der Waals surface area (Å²) in [5.41, 5.74) is 0. The quantitative estimate of drug-likeness (QED) is 0.0753. The fraction of sp³-hybridized carbons (Fsp3) is 0.944. The fourth-order valence-electron chi connectivity index (χ4n) is 5.30. The second-order valence-electron chi connectivity index (χ2n) is 12.2. The van der Waals surface area contributed by atoms with Crippen molar-refractivity contribution in [1.29, 1.82) is 0 Å². The van der Waals surface area contributed by atoms with Crippen LogP contribution in [0.3, 0.4) is 0 Å². The Labute approximate surface area is 264 Å². The Morgan fingerprint density at radius 1 is 0.317 bits per heavy atom. The number of carbonyl (C=O) groups is 2. The number of carboxylic acids is 2. The minimum Gasteiger partial charge on any atom is -0.481 e. The molecule has 0 spiro atoms. The zero-order chi connectivity index (χ0) is 29.8. The summed E-state index contributed by atoms with van der Waals surface area (Å²) in [4.78, 5) is 20.7. The molecule has 2 radical (unpaired) electrons. The zero-order valence-electron chi connectivity index (χ0n) is 27.7. The minimum atomic E-state index is -0.653. The topological polar surface area (TPSA) is 74.6 Å². The van der Waals surface area contributed by atoms with Gasteiger partial charge in [-0.1, -0.05) is 194 Å². The highest BCUT2D eigenvalue weighted by molar-refractivity contribution is 7.59. The van der Waals surface area contributed by atoms with Gasteiger partial charge >= 0.3 is 11.9 Å². The molecule has 0 fully saturated rings. The molecule has 246 valence electrons. The molecule has 0 aromatic carbocycles. The standard InChI is InChI=1S/2C18H36O2.S/c2*1-2-3-4-5-6-7-8-9-10-11-12-13-14-15-16-17-18(19)20;/h2*2-17H2,1H3,(H,19,20);. The van der Waals surface area contributed by atoms with E-state index in [1.165, 1.54) is 167 Å². The second-order valence-corrected chi connectivity index (χ2v) is 12.2. The zero-order valence-corrected chi connectivity index (χ0v) is 28.6. The van der Waals surface area contributed by atoms with Crippen LogP contribution in [0.4, 0.5) is 0 Å². The highest BCUT2D eigenvalue weighted by Crippen LogP contribution is 2.15. The summed E-state index contributed by atoms with van der Waals surface area (Å²) in [5, 5.41) is 17.0. The van der Waals surface area contributed by atoms with Gasteiger partial charge in [-0.25, -0.2) is 0 Å². The molecule has 0 amide bonds. The highest BCUT2D eigenvalue weighted by Gasteiger charge is 1.98. The van der Waals surface area contributed by atoms with Gasteiger partial charge in [-0.3, -0.25) is 9.59 Å². The van der Waals surface area contributed by atoms with E-state index in [0.717, 1.165) is 25.7 Å². The van der Waals surface area contributed by atoms with Gasteiger partial charge in [-0.05, 0) is 12.8 Å². The maximum absolute atomic E-state index is 10.3. The first-order valence-electron chi connectivity index (χ1n) is 18.0. The monoisotopic (exact) mass is 601 g/mol. The Balaban J connectivity index is -0.000000688. The van der Waals surface area contributed by atoms with Crippen LogP contribution in [0.25, 0.3) is 0 Å². The molecule has 2 N–H and O–H groups in total. The van der Waals surface area contributed by atoms with E-state index in [1.54, 1.807) is 0 Å². The van der Waals surface area contributed by atoms with Crippen LogP contribution >= 0.6 is 13.5 Å². The summed E-state index contributed by atoms with van der Waals surface area (Å²) in [6.45, 7) is 4.54. The van der Waals surface area contributed by atoms with Gasteiger partial charge in [0, 0.05) is 26.3 Å². The van der Waals surface area contributed by atoms with E-state index < -0.39 is 11.9 Å². The van der Waals surface area contributed by atoms with Crippen LogP contribution in [-0.4, -0.2) is 22.2 Å². The predicted molar refractivity (Wildman–Crippen MR) is 182 cm³/mol. The number of aliphatic carboxylic acids is 2. The van der Waals surface area contributed by atoms with Crippen molar-refractivity contribution in [2.24, 2.45) is 0 Å². The maximum atomic E-state index is 10.3. The SMILES string of the molecule is CCCCCCCCCCCCCCCCCC(=O)O.CCCCCCCCCCCCCCCCCC(=O)O.[S]. The van der Waals surface area contributed by atoms with Gasteiger partial charge in [0.15, 0.2) is 0 Å². The van der Waals surface area contributed by atoms with E-state index in [1.807, 2.05) is 0 Å². The third-order valence-corrected chi connectivity index (χ3v) is 7.99. The molecule has 0 heterocycles. The van der Waals surface area contributed by atoms with Gasteiger partial charge in [0.2, 0.25) is 0 Å². The first kappa shape index (κ1) is 44.7. The molecule has 41 heavy (non-hydrogen) atoms. The smallest absolute Gasteiger partial charge is 0.303 e. The summed E-state index contributed by atoms with van der Waals surface area (Å²) in [6.07, 6.45) is 40.4. The molecule has 0 rings (SSSR count). The van der Waals surface area contributed by atoms with Crippen molar-refractivity contribution in [1.82, 2.24) is 0 Å². The van der Waals surface area contributed by atoms with Gasteiger partial charge in [-0.2, -0.15) is 0 Å². The minimum absolute atomic E-state index is 0. The molecule has 5 heteroatoms. The lowest BCUT2D eigenvalue weighted by Crippen LogP contribution is -1.93. The Kier molecular flexibility index (Phi) is 45.2. The van der Waals surface area contributed by atoms with Crippen molar-refractivity contribution in [3.05, 3.63) is 0 Å². The molecular weight excluding hydrogens is 528 g/mol. The number of rotatable bonds is 32. The molecule has 0 bridgehead atoms. The number of hydrogen-bond donors (Lipinski definition) is 2. The molecule has 0 saturated heterocycles. The van der Waals surface area contributed by atoms with Crippen molar-refractivity contribution >= 4 is 25.4 Å². The first-order chi connectivity index (χ1) is 19.5. The summed E-state index contributed by atoms with van der Waals surface area (Å²) in [7, 11) is 0. The van der Waals surface area contributed by atoms with E-state index >= 15 is 0 Å². The third-order valence-electron chi connectivity index (χ3n) is 7.99. The summed E-state index contributed by atoms with van der Waals surface area (Å²) in [6, 6.07) is 0. The van der Waals surface area contributed by atoms with Crippen LogP contribution in [0.2, 0.25) is 0 Å². The normalized spacial score (nSPS) is 10.6. The highest BCUT2D eigenvalue weighted by atomic mass is 32.1. The van der Waals surface area contributed by atoms with E-state index in [0.29, 0.717) is 12.8 Å². The molecule has 0 aromatic heterocycles. The largest absolute Gasteiger partial charge is 0.481 e. The third kappa shape index (κ3) is 49.3. The van der Waals surface area contributed by atoms with Gasteiger partial charge < -0.3 is 10.2 Å². The molecular formula is C36H72O4S. The Morgan fingerprint density at radius 2 is 0.463 bits per heavy atom. The molecule has 4 nitrogen and oxygen atoms in total. The lowest BCUT2D eigenvalue weighted by Gasteiger charge is -2.03. The van der Waals surface area contributed by atoms with Crippen LogP contribution in [0.1, 0.15) is 219 Å². The average molecular weight is 601 g/mol. The Morgan fingerprint density at radius 3 is 0.610 bits per heavy atom. The van der Waals surface area contributed by atoms with E-state index in [2.05, 4.69) is 13.8 Å². The Bertz CT molecular complexity index is 454. The fourth-order valence-corrected chi connectivity index (χ4v) is 5.30. The molecule has 0 aliphatic rings. The lowest BCUT2D eigenvalue weighted by molar-refractivity contribution is -0.138. The van der Waals surface area contributed by atoms with Crippen LogP contribution in [0.15, 0.2) is 0 Å². The maximum Gasteiger partial charge on any atom is 0.303 e. The van der Waals surface area contributed by atoms with Crippen molar-refractivity contribution < 1.29 is 19.8 Å². The van der Waals surface area contributed by atoms with Gasteiger partial charge in [0.05, 0.1) is 0 Å². The molecule has 0 aliphatic heterocycles. The summed E-state index contributed by atoms with van der Waals surface area (Å²) < 4.78 is 0. The van der Waals surface area contributed by atoms with E-state index in [4.69, 9.17) is 10.2 Å². The van der Waals surface area contributed by atoms with Crippen molar-refractivity contribution in [2.45, 2.75) is 219 Å². The molecule has 0 aromatic rings.